The molecule has 1 atom stereocenters. The fraction of sp³-hybridized carbons (Fsp3) is 0.444. The van der Waals surface area contributed by atoms with Gasteiger partial charge in [0.1, 0.15) is 11.9 Å². The van der Waals surface area contributed by atoms with E-state index in [9.17, 15) is 9.59 Å². The Morgan fingerprint density at radius 2 is 1.70 bits per heavy atom. The van der Waals surface area contributed by atoms with E-state index >= 15 is 0 Å². The number of ether oxygens (including phenoxy) is 1. The Hall–Kier alpha value is -4.00. The van der Waals surface area contributed by atoms with Gasteiger partial charge in [-0.2, -0.15) is 0 Å². The summed E-state index contributed by atoms with van der Waals surface area (Å²) < 4.78 is 6.57. The molecule has 0 spiro atoms. The molecule has 0 aliphatic carbocycles. The third-order valence-electron chi connectivity index (χ3n) is 7.18. The van der Waals surface area contributed by atoms with Gasteiger partial charge in [-0.25, -0.2) is 0 Å². The molecule has 0 bridgehead atoms. The Morgan fingerprint density at radius 1 is 1.00 bits per heavy atom. The second kappa shape index (κ2) is 17.2. The van der Waals surface area contributed by atoms with Gasteiger partial charge in [0.25, 0.3) is 0 Å². The van der Waals surface area contributed by atoms with E-state index in [4.69, 9.17) is 4.74 Å². The Morgan fingerprint density at radius 3 is 2.30 bits per heavy atom. The Balaban J connectivity index is 2.16. The van der Waals surface area contributed by atoms with Gasteiger partial charge in [0, 0.05) is 88.9 Å². The maximum atomic E-state index is 12.7. The number of amides is 1. The largest absolute Gasteiger partial charge is 0.486 e. The molecule has 0 heterocycles. The number of nitrogens with one attached hydrogen (secondary N) is 1. The van der Waals surface area contributed by atoms with E-state index < -0.39 is 0 Å². The predicted molar refractivity (Wildman–Crippen MR) is 179 cm³/mol. The first-order valence-corrected chi connectivity index (χ1v) is 15.1. The number of hydrogen-bond donors (Lipinski definition) is 1. The summed E-state index contributed by atoms with van der Waals surface area (Å²) in [6, 6.07) is 18.3. The lowest BCUT2D eigenvalue weighted by molar-refractivity contribution is -0.132. The first-order valence-electron chi connectivity index (χ1n) is 15.1. The highest BCUT2D eigenvalue weighted by Gasteiger charge is 2.21. The van der Waals surface area contributed by atoms with Crippen molar-refractivity contribution in [3.63, 3.8) is 0 Å². The van der Waals surface area contributed by atoms with Crippen LogP contribution in [0.25, 0.3) is 0 Å². The van der Waals surface area contributed by atoms with Gasteiger partial charge in [0.05, 0.1) is 0 Å². The van der Waals surface area contributed by atoms with Crippen LogP contribution in [0.15, 0.2) is 90.3 Å². The number of anilines is 1. The molecule has 0 aromatic heterocycles. The SMILES string of the molecule is C=C/C(C=O)=C(\C=C(/C)NCC)N(C)CCN(C)c1cccc(OC(CCN(C)C(=O)CC(C)(C)C)c2ccccc2)c1. The molecule has 0 radical (unpaired) electrons. The van der Waals surface area contributed by atoms with Crippen molar-refractivity contribution in [3.8, 4) is 5.75 Å². The quantitative estimate of drug-likeness (QED) is 0.127. The van der Waals surface area contributed by atoms with Crippen LogP contribution in [0.1, 0.15) is 59.1 Å². The van der Waals surface area contributed by atoms with Crippen molar-refractivity contribution in [1.29, 1.82) is 0 Å². The van der Waals surface area contributed by atoms with Gasteiger partial charge in [-0.15, -0.1) is 0 Å². The summed E-state index contributed by atoms with van der Waals surface area (Å²) in [5.74, 6) is 0.918. The molecular weight excluding hydrogens is 536 g/mol. The van der Waals surface area contributed by atoms with Crippen LogP contribution in [-0.2, 0) is 9.59 Å². The Bertz CT molecular complexity index is 1240. The molecule has 2 rings (SSSR count). The number of carbonyl (C=O) groups is 2. The zero-order chi connectivity index (χ0) is 32.0. The summed E-state index contributed by atoms with van der Waals surface area (Å²) in [5.41, 5.74) is 4.42. The van der Waals surface area contributed by atoms with Crippen molar-refractivity contribution >= 4 is 17.9 Å². The molecule has 234 valence electrons. The van der Waals surface area contributed by atoms with Crippen LogP contribution in [0.3, 0.4) is 0 Å². The van der Waals surface area contributed by atoms with Gasteiger partial charge in [-0.1, -0.05) is 69.8 Å². The van der Waals surface area contributed by atoms with Crippen LogP contribution >= 0.6 is 0 Å². The lowest BCUT2D eigenvalue weighted by Gasteiger charge is -2.28. The standard InChI is InChI=1S/C36H52N4O3/c1-10-29(27-41)33(24-28(3)37-11-2)39(8)23-22-38(7)31-18-15-19-32(25-31)43-34(30-16-13-12-14-17-30)20-21-40(9)35(42)26-36(4,5)6/h10,12-19,24-25,27,34,37H,1,11,20-23,26H2,2-9H3/b28-24+,33-29-. The third kappa shape index (κ3) is 12.0. The third-order valence-corrected chi connectivity index (χ3v) is 7.18. The predicted octanol–water partition coefficient (Wildman–Crippen LogP) is 6.61. The fourth-order valence-electron chi connectivity index (χ4n) is 4.66. The number of nitrogens with zero attached hydrogens (tertiary/aromatic N) is 3. The molecule has 0 saturated heterocycles. The van der Waals surface area contributed by atoms with Gasteiger partial charge in [0.15, 0.2) is 6.29 Å². The topological polar surface area (TPSA) is 65.1 Å². The maximum Gasteiger partial charge on any atom is 0.222 e. The molecule has 0 fully saturated rings. The van der Waals surface area contributed by atoms with E-state index in [0.717, 1.165) is 47.8 Å². The number of likely N-dealkylation sites (N-methyl/N-ethyl adjacent to an activating group) is 2. The normalized spacial score (nSPS) is 13.0. The number of carbonyl (C=O) groups excluding carboxylic acids is 2. The van der Waals surface area contributed by atoms with Crippen molar-refractivity contribution < 1.29 is 14.3 Å². The Labute approximate surface area is 259 Å². The van der Waals surface area contributed by atoms with Crippen LogP contribution in [0.5, 0.6) is 5.75 Å². The minimum atomic E-state index is -0.196. The van der Waals surface area contributed by atoms with Crippen LogP contribution in [0.4, 0.5) is 5.69 Å². The van der Waals surface area contributed by atoms with Crippen LogP contribution in [0, 0.1) is 5.41 Å². The maximum absolute atomic E-state index is 12.7. The first-order chi connectivity index (χ1) is 20.4. The minimum absolute atomic E-state index is 0.0515. The van der Waals surface area contributed by atoms with Crippen molar-refractivity contribution in [2.75, 3.05) is 52.2 Å². The van der Waals surface area contributed by atoms with Gasteiger partial charge in [-0.05, 0) is 43.0 Å². The smallest absolute Gasteiger partial charge is 0.222 e. The second-order valence-corrected chi connectivity index (χ2v) is 12.2. The summed E-state index contributed by atoms with van der Waals surface area (Å²) in [6.45, 7) is 16.9. The van der Waals surface area contributed by atoms with Gasteiger partial charge in [-0.3, -0.25) is 9.59 Å². The lowest BCUT2D eigenvalue weighted by Crippen LogP contribution is -2.32. The number of hydrogen-bond acceptors (Lipinski definition) is 6. The first kappa shape index (κ1) is 35.2. The molecule has 7 heteroatoms. The van der Waals surface area contributed by atoms with Crippen LogP contribution in [0.2, 0.25) is 0 Å². The van der Waals surface area contributed by atoms with Crippen LogP contribution < -0.4 is 15.0 Å². The monoisotopic (exact) mass is 588 g/mol. The molecule has 0 aliphatic heterocycles. The summed E-state index contributed by atoms with van der Waals surface area (Å²) in [6.07, 6.45) is 5.43. The highest BCUT2D eigenvalue weighted by Crippen LogP contribution is 2.28. The zero-order valence-electron chi connectivity index (χ0n) is 27.5. The molecule has 0 saturated carbocycles. The fourth-order valence-corrected chi connectivity index (χ4v) is 4.66. The van der Waals surface area contributed by atoms with E-state index in [1.54, 1.807) is 6.08 Å². The molecule has 2 aromatic rings. The molecule has 0 aliphatic rings. The van der Waals surface area contributed by atoms with E-state index in [2.05, 4.69) is 73.8 Å². The van der Waals surface area contributed by atoms with Crippen LogP contribution in [-0.4, -0.2) is 69.3 Å². The molecule has 43 heavy (non-hydrogen) atoms. The van der Waals surface area contributed by atoms with Crippen molar-refractivity contribution in [2.45, 2.75) is 53.6 Å². The molecule has 7 nitrogen and oxygen atoms in total. The minimum Gasteiger partial charge on any atom is -0.486 e. The van der Waals surface area contributed by atoms with Crippen molar-refractivity contribution in [3.05, 3.63) is 95.9 Å². The van der Waals surface area contributed by atoms with E-state index in [1.165, 1.54) is 0 Å². The molecule has 1 unspecified atom stereocenters. The molecule has 1 amide bonds. The number of aldehydes is 1. The van der Waals surface area contributed by atoms with Gasteiger partial charge in [0.2, 0.25) is 5.91 Å². The summed E-state index contributed by atoms with van der Waals surface area (Å²) >= 11 is 0. The number of rotatable bonds is 17. The summed E-state index contributed by atoms with van der Waals surface area (Å²) in [4.78, 5) is 30.5. The summed E-state index contributed by atoms with van der Waals surface area (Å²) in [7, 11) is 5.90. The lowest BCUT2D eigenvalue weighted by atomic mass is 9.91. The molecule has 1 N–H and O–H groups in total. The van der Waals surface area contributed by atoms with E-state index in [0.29, 0.717) is 31.5 Å². The number of allylic oxidation sites excluding steroid dienone is 4. The second-order valence-electron chi connectivity index (χ2n) is 12.2. The average Bonchev–Trinajstić information content (AvgIpc) is 2.97. The highest BCUT2D eigenvalue weighted by atomic mass is 16.5. The molecular formula is C36H52N4O3. The van der Waals surface area contributed by atoms with E-state index in [1.807, 2.05) is 69.3 Å². The number of benzene rings is 2. The Kier molecular flexibility index (Phi) is 14.1. The van der Waals surface area contributed by atoms with Gasteiger partial charge >= 0.3 is 0 Å². The summed E-state index contributed by atoms with van der Waals surface area (Å²) in [5, 5.41) is 3.29. The highest BCUT2D eigenvalue weighted by molar-refractivity contribution is 5.79. The van der Waals surface area contributed by atoms with Crippen molar-refractivity contribution in [1.82, 2.24) is 15.1 Å². The van der Waals surface area contributed by atoms with E-state index in [-0.39, 0.29) is 17.4 Å². The zero-order valence-corrected chi connectivity index (χ0v) is 27.5. The van der Waals surface area contributed by atoms with Gasteiger partial charge < -0.3 is 24.8 Å². The average molecular weight is 589 g/mol. The molecule has 2 aromatic carbocycles. The van der Waals surface area contributed by atoms with Crippen molar-refractivity contribution in [2.24, 2.45) is 5.41 Å².